The number of aliphatic hydroxyl groups is 1. The van der Waals surface area contributed by atoms with Gasteiger partial charge in [-0.1, -0.05) is 34.1 Å². The van der Waals surface area contributed by atoms with E-state index in [9.17, 15) is 28.8 Å². The molecule has 0 spiro atoms. The molecule has 0 rings (SSSR count). The topological polar surface area (TPSA) is 349 Å². The number of ether oxygens (including phenoxy) is 1. The number of esters is 2. The van der Waals surface area contributed by atoms with Gasteiger partial charge in [0.1, 0.15) is 24.2 Å². The Kier molecular flexibility index (Phi) is 25.3. The summed E-state index contributed by atoms with van der Waals surface area (Å²) in [5, 5.41) is 33.0. The number of aliphatic carboxylic acids is 3. The quantitative estimate of drug-likeness (QED) is 0.0870. The molecule has 0 aliphatic heterocycles. The van der Waals surface area contributed by atoms with Gasteiger partial charge in [-0.25, -0.2) is 4.79 Å². The summed E-state index contributed by atoms with van der Waals surface area (Å²) in [6.07, 6.45) is -0.476. The van der Waals surface area contributed by atoms with Crippen LogP contribution in [-0.4, -0.2) is 93.0 Å². The van der Waals surface area contributed by atoms with E-state index in [1.807, 2.05) is 13.8 Å². The number of carbonyl (C=O) groups excluding carboxylic acids is 3. The van der Waals surface area contributed by atoms with Crippen LogP contribution < -0.4 is 34.4 Å². The van der Waals surface area contributed by atoms with Crippen molar-refractivity contribution in [3.8, 4) is 0 Å². The lowest BCUT2D eigenvalue weighted by molar-refractivity contribution is -0.160. The Bertz CT molecular complexity index is 749. The average Bonchev–Trinajstić information content (AvgIpc) is 2.82. The molecule has 1 amide bonds. The van der Waals surface area contributed by atoms with Crippen molar-refractivity contribution in [2.75, 3.05) is 6.54 Å². The fourth-order valence-electron chi connectivity index (χ4n) is 1.50. The van der Waals surface area contributed by atoms with Gasteiger partial charge < -0.3 is 59.6 Å². The number of primary amides is 1. The van der Waals surface area contributed by atoms with Gasteiger partial charge in [0.2, 0.25) is 5.91 Å². The van der Waals surface area contributed by atoms with Crippen molar-refractivity contribution < 1.29 is 53.9 Å². The predicted molar refractivity (Wildman–Crippen MR) is 135 cm³/mol. The van der Waals surface area contributed by atoms with Crippen molar-refractivity contribution in [2.24, 2.45) is 46.2 Å². The van der Waals surface area contributed by atoms with Gasteiger partial charge in [-0.15, -0.1) is 0 Å². The zero-order chi connectivity index (χ0) is 31.3. The zero-order valence-corrected chi connectivity index (χ0v) is 22.3. The Morgan fingerprint density at radius 1 is 0.763 bits per heavy atom. The van der Waals surface area contributed by atoms with Crippen molar-refractivity contribution >= 4 is 35.8 Å². The summed E-state index contributed by atoms with van der Waals surface area (Å²) in [5.74, 6) is -5.47. The van der Waals surface area contributed by atoms with Crippen LogP contribution in [0.4, 0.5) is 0 Å². The highest BCUT2D eigenvalue weighted by atomic mass is 16.6. The number of hydrogen-bond donors (Lipinski definition) is 10. The van der Waals surface area contributed by atoms with Crippen molar-refractivity contribution in [3.63, 3.8) is 0 Å². The summed E-state index contributed by atoms with van der Waals surface area (Å²) < 4.78 is 4.29. The summed E-state index contributed by atoms with van der Waals surface area (Å²) in [7, 11) is 0. The Balaban J connectivity index is -0.000000205. The van der Waals surface area contributed by atoms with Crippen LogP contribution in [0.3, 0.4) is 0 Å². The molecule has 0 aliphatic rings. The first kappa shape index (κ1) is 41.9. The molecular weight excluding hydrogens is 512 g/mol. The smallest absolute Gasteiger partial charge is 0.330 e. The van der Waals surface area contributed by atoms with Gasteiger partial charge in [0.25, 0.3) is 0 Å². The molecule has 17 heteroatoms. The SMILES string of the molecule is CC(C)[C@H](N)C(=O)OC(=O)CN.CC[C@H](C)[C@H](N)C(=O)O.C[C@@H](O)[C@H](N)C(=O)O.NC(=O)C[C@H](N)C(=O)O. The predicted octanol–water partition coefficient (Wildman–Crippen LogP) is -3.50. The molecule has 0 unspecified atom stereocenters. The Morgan fingerprint density at radius 2 is 1.18 bits per heavy atom. The molecule has 0 aromatic carbocycles. The highest BCUT2D eigenvalue weighted by molar-refractivity contribution is 5.89. The molecule has 0 aromatic rings. The third kappa shape index (κ3) is 24.5. The maximum Gasteiger partial charge on any atom is 0.330 e. The summed E-state index contributed by atoms with van der Waals surface area (Å²) in [5.41, 5.74) is 30.1. The molecule has 0 saturated carbocycles. The van der Waals surface area contributed by atoms with Crippen LogP contribution in [0.25, 0.3) is 0 Å². The fourth-order valence-corrected chi connectivity index (χ4v) is 1.50. The Hall–Kier alpha value is -3.22. The van der Waals surface area contributed by atoms with Crippen molar-refractivity contribution in [1.82, 2.24) is 0 Å². The monoisotopic (exact) mass is 556 g/mol. The summed E-state index contributed by atoms with van der Waals surface area (Å²) in [4.78, 5) is 61.4. The van der Waals surface area contributed by atoms with Crippen LogP contribution >= 0.6 is 0 Å². The maximum absolute atomic E-state index is 10.9. The third-order valence-corrected chi connectivity index (χ3v) is 4.46. The number of rotatable bonds is 11. The number of carboxylic acid groups (broad SMARTS) is 3. The number of carbonyl (C=O) groups is 6. The van der Waals surface area contributed by atoms with Crippen LogP contribution in [0.5, 0.6) is 0 Å². The molecule has 0 aliphatic carbocycles. The van der Waals surface area contributed by atoms with Crippen LogP contribution in [-0.2, 0) is 33.5 Å². The molecule has 38 heavy (non-hydrogen) atoms. The second kappa shape index (κ2) is 22.9. The molecule has 0 aromatic heterocycles. The van der Waals surface area contributed by atoms with Gasteiger partial charge in [-0.05, 0) is 18.8 Å². The second-order valence-corrected chi connectivity index (χ2v) is 8.24. The number of nitrogens with two attached hydrogens (primary N) is 6. The number of aliphatic hydroxyl groups excluding tert-OH is 1. The Labute approximate surface area is 220 Å². The lowest BCUT2D eigenvalue weighted by atomic mass is 10.0. The normalized spacial score (nSPS) is 14.6. The van der Waals surface area contributed by atoms with Crippen LogP contribution in [0.2, 0.25) is 0 Å². The van der Waals surface area contributed by atoms with E-state index in [-0.39, 0.29) is 24.8 Å². The third-order valence-electron chi connectivity index (χ3n) is 4.46. The molecule has 17 nitrogen and oxygen atoms in total. The molecule has 16 N–H and O–H groups in total. The van der Waals surface area contributed by atoms with Gasteiger partial charge in [0.15, 0.2) is 0 Å². The molecule has 224 valence electrons. The van der Waals surface area contributed by atoms with E-state index in [1.54, 1.807) is 13.8 Å². The van der Waals surface area contributed by atoms with E-state index in [1.165, 1.54) is 6.92 Å². The van der Waals surface area contributed by atoms with E-state index in [2.05, 4.69) is 10.5 Å². The fraction of sp³-hybridized carbons (Fsp3) is 0.714. The van der Waals surface area contributed by atoms with Crippen LogP contribution in [0, 0.1) is 11.8 Å². The molecule has 0 heterocycles. The van der Waals surface area contributed by atoms with E-state index in [4.69, 9.17) is 49.1 Å². The molecular formula is C21H44N6O11. The van der Waals surface area contributed by atoms with Gasteiger partial charge in [0.05, 0.1) is 19.1 Å². The van der Waals surface area contributed by atoms with Gasteiger partial charge in [0, 0.05) is 0 Å². The minimum absolute atomic E-state index is 0.0527. The van der Waals surface area contributed by atoms with Gasteiger partial charge in [-0.3, -0.25) is 24.0 Å². The molecule has 0 bridgehead atoms. The molecule has 0 saturated heterocycles. The second-order valence-electron chi connectivity index (χ2n) is 8.24. The first-order chi connectivity index (χ1) is 17.2. The highest BCUT2D eigenvalue weighted by Crippen LogP contribution is 2.04. The summed E-state index contributed by atoms with van der Waals surface area (Å²) in [6, 6.07) is -3.78. The first-order valence-electron chi connectivity index (χ1n) is 11.3. The van der Waals surface area contributed by atoms with Gasteiger partial charge in [-0.2, -0.15) is 0 Å². The van der Waals surface area contributed by atoms with Crippen molar-refractivity contribution in [2.45, 2.75) is 77.7 Å². The van der Waals surface area contributed by atoms with E-state index < -0.39 is 66.0 Å². The molecule has 0 radical (unpaired) electrons. The molecule has 6 atom stereocenters. The van der Waals surface area contributed by atoms with Crippen molar-refractivity contribution in [1.29, 1.82) is 0 Å². The van der Waals surface area contributed by atoms with Crippen LogP contribution in [0.1, 0.15) is 47.5 Å². The van der Waals surface area contributed by atoms with Crippen LogP contribution in [0.15, 0.2) is 0 Å². The summed E-state index contributed by atoms with van der Waals surface area (Å²) >= 11 is 0. The summed E-state index contributed by atoms with van der Waals surface area (Å²) in [6.45, 7) is 8.30. The zero-order valence-electron chi connectivity index (χ0n) is 22.3. The lowest BCUT2D eigenvalue weighted by Crippen LogP contribution is -2.39. The largest absolute Gasteiger partial charge is 0.480 e. The minimum Gasteiger partial charge on any atom is -0.480 e. The van der Waals surface area contributed by atoms with Crippen molar-refractivity contribution in [3.05, 3.63) is 0 Å². The minimum atomic E-state index is -1.21. The average molecular weight is 557 g/mol. The van der Waals surface area contributed by atoms with Gasteiger partial charge >= 0.3 is 29.8 Å². The standard InChI is InChI=1S/C7H14N2O3.C6H13NO2.C4H8N2O3.C4H9NO3/c1-4(2)6(9)7(11)12-5(10)3-8;1-3-4(2)5(7)6(8)9;5-2(4(8)9)1-3(6)7;1-2(6)3(5)4(7)8/h4,6H,3,8-9H2,1-2H3;4-5H,3,7H2,1-2H3,(H,8,9);2H,1,5H2,(H2,6,7)(H,8,9);2-3,6H,5H2,1H3,(H,7,8)/t6-;4-,5-;2-;2-,3+/m0001/s1. The maximum atomic E-state index is 10.9. The molecule has 0 fully saturated rings. The lowest BCUT2D eigenvalue weighted by Gasteiger charge is -2.12. The first-order valence-corrected chi connectivity index (χ1v) is 11.3. The number of carboxylic acids is 3. The van der Waals surface area contributed by atoms with E-state index in [0.29, 0.717) is 0 Å². The number of amides is 1. The number of hydrogen-bond acceptors (Lipinski definition) is 13. The Morgan fingerprint density at radius 3 is 1.34 bits per heavy atom. The van der Waals surface area contributed by atoms with E-state index >= 15 is 0 Å². The van der Waals surface area contributed by atoms with E-state index in [0.717, 1.165) is 6.42 Å². The highest BCUT2D eigenvalue weighted by Gasteiger charge is 2.21.